The smallest absolute Gasteiger partial charge is 0.188 e. The number of hydrogen-bond acceptors (Lipinski definition) is 3. The van der Waals surface area contributed by atoms with Crippen molar-refractivity contribution >= 4 is 21.4 Å². The predicted molar refractivity (Wildman–Crippen MR) is 97.7 cm³/mol. The summed E-state index contributed by atoms with van der Waals surface area (Å²) in [4.78, 5) is 0.0526. The zero-order valence-electron chi connectivity index (χ0n) is 14.1. The molecule has 0 saturated heterocycles. The van der Waals surface area contributed by atoms with Gasteiger partial charge < -0.3 is 5.73 Å². The second kappa shape index (κ2) is 7.25. The second-order valence-electron chi connectivity index (χ2n) is 6.75. The Morgan fingerprint density at radius 1 is 1.08 bits per heavy atom. The van der Waals surface area contributed by atoms with Crippen LogP contribution in [0.5, 0.6) is 0 Å². The minimum absolute atomic E-state index is 0.0526. The van der Waals surface area contributed by atoms with Crippen LogP contribution >= 0.6 is 11.6 Å². The van der Waals surface area contributed by atoms with Crippen molar-refractivity contribution in [3.05, 3.63) is 64.7 Å². The summed E-state index contributed by atoms with van der Waals surface area (Å²) < 4.78 is 54.0. The first kappa shape index (κ1) is 19.3. The highest BCUT2D eigenvalue weighted by molar-refractivity contribution is 7.92. The van der Waals surface area contributed by atoms with Gasteiger partial charge >= 0.3 is 0 Å². The lowest BCUT2D eigenvalue weighted by molar-refractivity contribution is 0.291. The first-order valence-corrected chi connectivity index (χ1v) is 10.3. The minimum Gasteiger partial charge on any atom is -0.330 e. The maximum Gasteiger partial charge on any atom is 0.188 e. The molecule has 0 radical (unpaired) electrons. The third-order valence-electron chi connectivity index (χ3n) is 5.30. The van der Waals surface area contributed by atoms with E-state index in [0.29, 0.717) is 24.4 Å². The third-order valence-corrected chi connectivity index (χ3v) is 8.11. The Morgan fingerprint density at radius 2 is 1.69 bits per heavy atom. The van der Waals surface area contributed by atoms with Crippen molar-refractivity contribution in [1.29, 1.82) is 0 Å². The van der Waals surface area contributed by atoms with Gasteiger partial charge in [-0.1, -0.05) is 11.6 Å². The van der Waals surface area contributed by atoms with Crippen LogP contribution in [0.1, 0.15) is 31.2 Å². The summed E-state index contributed by atoms with van der Waals surface area (Å²) in [6, 6.07) is 8.76. The number of halogens is 3. The van der Waals surface area contributed by atoms with Crippen molar-refractivity contribution in [1.82, 2.24) is 0 Å². The molecule has 0 unspecified atom stereocenters. The number of nitrogens with two attached hydrogens (primary N) is 1. The van der Waals surface area contributed by atoms with Gasteiger partial charge in [0.2, 0.25) is 0 Å². The quantitative estimate of drug-likeness (QED) is 0.826. The maximum absolute atomic E-state index is 14.6. The molecule has 1 fully saturated rings. The topological polar surface area (TPSA) is 60.2 Å². The van der Waals surface area contributed by atoms with E-state index in [2.05, 4.69) is 0 Å². The molecule has 7 heteroatoms. The summed E-state index contributed by atoms with van der Waals surface area (Å²) in [5, 5.41) is 0.404. The number of rotatable bonds is 4. The van der Waals surface area contributed by atoms with Crippen LogP contribution < -0.4 is 5.73 Å². The maximum atomic E-state index is 14.6. The van der Waals surface area contributed by atoms with Crippen molar-refractivity contribution < 1.29 is 17.2 Å². The third kappa shape index (κ3) is 3.26. The van der Waals surface area contributed by atoms with Crippen molar-refractivity contribution in [2.45, 2.75) is 35.3 Å². The fourth-order valence-electron chi connectivity index (χ4n) is 3.75. The Balaban J connectivity index is 2.18. The predicted octanol–water partition coefficient (Wildman–Crippen LogP) is 4.44. The number of benzene rings is 2. The van der Waals surface area contributed by atoms with Gasteiger partial charge in [-0.3, -0.25) is 0 Å². The molecule has 0 spiro atoms. The van der Waals surface area contributed by atoms with E-state index >= 15 is 0 Å². The Bertz CT molecular complexity index is 892. The van der Waals surface area contributed by atoms with Gasteiger partial charge in [-0.15, -0.1) is 0 Å². The van der Waals surface area contributed by atoms with E-state index in [-0.39, 0.29) is 29.2 Å². The molecular formula is C19H20ClF2NO2S. The van der Waals surface area contributed by atoms with Crippen molar-refractivity contribution in [3.8, 4) is 0 Å². The fourth-order valence-corrected chi connectivity index (χ4v) is 6.04. The Morgan fingerprint density at radius 3 is 2.27 bits per heavy atom. The van der Waals surface area contributed by atoms with Gasteiger partial charge in [0.05, 0.1) is 4.90 Å². The molecule has 2 N–H and O–H groups in total. The van der Waals surface area contributed by atoms with E-state index in [1.54, 1.807) is 0 Å². The molecule has 1 aliphatic carbocycles. The molecule has 2 aromatic rings. The van der Waals surface area contributed by atoms with E-state index in [0.717, 1.165) is 18.2 Å². The van der Waals surface area contributed by atoms with Gasteiger partial charge in [-0.05, 0) is 80.6 Å². The molecule has 0 aromatic heterocycles. The summed E-state index contributed by atoms with van der Waals surface area (Å²) in [5.74, 6) is -1.19. The van der Waals surface area contributed by atoms with Crippen molar-refractivity contribution in [3.63, 3.8) is 0 Å². The van der Waals surface area contributed by atoms with E-state index < -0.39 is 26.2 Å². The summed E-state index contributed by atoms with van der Waals surface area (Å²) in [7, 11) is -3.97. The number of hydrogen-bond donors (Lipinski definition) is 1. The van der Waals surface area contributed by atoms with Crippen LogP contribution in [0.4, 0.5) is 8.78 Å². The van der Waals surface area contributed by atoms with Crippen molar-refractivity contribution in [2.24, 2.45) is 11.7 Å². The van der Waals surface area contributed by atoms with Crippen LogP contribution in [-0.2, 0) is 14.6 Å². The van der Waals surface area contributed by atoms with E-state index in [4.69, 9.17) is 17.3 Å². The van der Waals surface area contributed by atoms with Gasteiger partial charge in [0, 0.05) is 10.6 Å². The van der Waals surface area contributed by atoms with Crippen LogP contribution in [0, 0.1) is 17.6 Å². The van der Waals surface area contributed by atoms with Crippen LogP contribution in [0.2, 0.25) is 5.02 Å². The van der Waals surface area contributed by atoms with Gasteiger partial charge in [-0.25, -0.2) is 17.2 Å². The van der Waals surface area contributed by atoms with Gasteiger partial charge in [0.1, 0.15) is 16.4 Å². The summed E-state index contributed by atoms with van der Waals surface area (Å²) in [6.45, 7) is 0.447. The molecule has 140 valence electrons. The number of sulfone groups is 1. The zero-order valence-corrected chi connectivity index (χ0v) is 15.7. The molecule has 0 heterocycles. The normalized spacial score (nSPS) is 23.8. The lowest BCUT2D eigenvalue weighted by Crippen LogP contribution is -2.41. The monoisotopic (exact) mass is 399 g/mol. The molecule has 0 bridgehead atoms. The molecule has 1 saturated carbocycles. The van der Waals surface area contributed by atoms with E-state index in [1.807, 2.05) is 0 Å². The van der Waals surface area contributed by atoms with Crippen LogP contribution in [-0.4, -0.2) is 15.0 Å². The minimum atomic E-state index is -3.97. The van der Waals surface area contributed by atoms with Gasteiger partial charge in [-0.2, -0.15) is 0 Å². The van der Waals surface area contributed by atoms with Gasteiger partial charge in [0.15, 0.2) is 9.84 Å². The highest BCUT2D eigenvalue weighted by atomic mass is 35.5. The lowest BCUT2D eigenvalue weighted by Gasteiger charge is -2.40. The van der Waals surface area contributed by atoms with Crippen LogP contribution in [0.3, 0.4) is 0 Å². The molecule has 0 aliphatic heterocycles. The highest BCUT2D eigenvalue weighted by Gasteiger charge is 2.49. The summed E-state index contributed by atoms with van der Waals surface area (Å²) in [6.07, 6.45) is 1.47. The molecule has 2 aromatic carbocycles. The fraction of sp³-hybridized carbons (Fsp3) is 0.368. The summed E-state index contributed by atoms with van der Waals surface area (Å²) in [5.41, 5.74) is 5.61. The molecule has 3 rings (SSSR count). The molecule has 3 nitrogen and oxygen atoms in total. The van der Waals surface area contributed by atoms with Crippen molar-refractivity contribution in [2.75, 3.05) is 6.54 Å². The largest absolute Gasteiger partial charge is 0.330 e. The Labute approximate surface area is 157 Å². The Kier molecular flexibility index (Phi) is 5.37. The van der Waals surface area contributed by atoms with Crippen LogP contribution in [0.25, 0.3) is 0 Å². The van der Waals surface area contributed by atoms with E-state index in [9.17, 15) is 17.2 Å². The summed E-state index contributed by atoms with van der Waals surface area (Å²) >= 11 is 5.86. The zero-order chi connectivity index (χ0) is 18.9. The molecule has 26 heavy (non-hydrogen) atoms. The Hall–Kier alpha value is -1.50. The molecule has 1 aliphatic rings. The van der Waals surface area contributed by atoms with E-state index in [1.165, 1.54) is 24.3 Å². The average Bonchev–Trinajstić information content (AvgIpc) is 2.64. The van der Waals surface area contributed by atoms with Gasteiger partial charge in [0.25, 0.3) is 0 Å². The SMILES string of the molecule is NC[C@H]1CC[C@@](c2cc(F)ccc2F)(S(=O)(=O)c2ccc(Cl)cc2)CC1. The van der Waals surface area contributed by atoms with Crippen LogP contribution in [0.15, 0.2) is 47.4 Å². The lowest BCUT2D eigenvalue weighted by atomic mass is 9.77. The average molecular weight is 400 g/mol. The molecular weight excluding hydrogens is 380 g/mol. The highest BCUT2D eigenvalue weighted by Crippen LogP contribution is 2.49. The first-order chi connectivity index (χ1) is 12.3. The molecule has 0 amide bonds. The molecule has 0 atom stereocenters. The first-order valence-electron chi connectivity index (χ1n) is 8.46. The second-order valence-corrected chi connectivity index (χ2v) is 9.45. The standard InChI is InChI=1S/C19H20ClF2NO2S/c20-14-1-4-16(5-2-14)26(24,25)19(9-7-13(12-23)8-10-19)17-11-15(21)3-6-18(17)22/h1-6,11,13H,7-10,12,23H2/t13-,19+.